The van der Waals surface area contributed by atoms with E-state index < -0.39 is 84.9 Å². The zero-order valence-electron chi connectivity index (χ0n) is 18.0. The highest BCUT2D eigenvalue weighted by Crippen LogP contribution is 2.64. The molecule has 0 aliphatic carbocycles. The maximum Gasteiger partial charge on any atom is 0.460 e. The van der Waals surface area contributed by atoms with Crippen molar-refractivity contribution in [3.63, 3.8) is 0 Å². The van der Waals surface area contributed by atoms with E-state index in [9.17, 15) is 84.2 Å². The van der Waals surface area contributed by atoms with E-state index in [0.29, 0.717) is 7.11 Å². The second-order valence-corrected chi connectivity index (χ2v) is 7.21. The van der Waals surface area contributed by atoms with Crippen LogP contribution in [0.2, 0.25) is 0 Å². The van der Waals surface area contributed by atoms with Gasteiger partial charge in [0.1, 0.15) is 6.61 Å². The summed E-state index contributed by atoms with van der Waals surface area (Å²) in [6.07, 6.45) is -11.0. The predicted molar refractivity (Wildman–Crippen MR) is 86.6 cm³/mol. The lowest BCUT2D eigenvalue weighted by Crippen LogP contribution is -2.75. The minimum atomic E-state index is -8.77. The quantitative estimate of drug-likeness (QED) is 0.141. The molecule has 0 aromatic rings. The van der Waals surface area contributed by atoms with Crippen LogP contribution in [0.25, 0.3) is 0 Å². The van der Waals surface area contributed by atoms with Gasteiger partial charge in [-0.25, -0.2) is 4.79 Å². The number of halogens is 17. The van der Waals surface area contributed by atoms with E-state index in [-0.39, 0.29) is 6.08 Å². The van der Waals surface area contributed by atoms with Crippen LogP contribution in [-0.4, -0.2) is 73.3 Å². The summed E-state index contributed by atoms with van der Waals surface area (Å²) in [6.45, 7) is 0.521. The molecule has 0 aromatic heterocycles. The number of hydrogen-bond donors (Lipinski definition) is 0. The van der Waals surface area contributed by atoms with Gasteiger partial charge in [-0.3, -0.25) is 4.79 Å². The monoisotopic (exact) mass is 604 g/mol. The maximum atomic E-state index is 14.4. The number of rotatable bonds is 13. The van der Waals surface area contributed by atoms with Crippen molar-refractivity contribution in [2.45, 2.75) is 60.5 Å². The van der Waals surface area contributed by atoms with Gasteiger partial charge >= 0.3 is 59.6 Å². The summed E-state index contributed by atoms with van der Waals surface area (Å²) in [4.78, 5) is 22.1. The Labute approximate surface area is 199 Å². The first kappa shape index (κ1) is 35.5. The van der Waals surface area contributed by atoms with E-state index >= 15 is 0 Å². The predicted octanol–water partition coefficient (Wildman–Crippen LogP) is 6.29. The molecule has 0 heterocycles. The first-order chi connectivity index (χ1) is 16.6. The van der Waals surface area contributed by atoms with Gasteiger partial charge < -0.3 is 9.47 Å². The molecule has 1 atom stereocenters. The number of methoxy groups -OCH3 is 1. The minimum absolute atomic E-state index is 0.153. The molecule has 1 unspecified atom stereocenters. The van der Waals surface area contributed by atoms with Gasteiger partial charge in [0.2, 0.25) is 0 Å². The minimum Gasteiger partial charge on any atom is -0.469 e. The summed E-state index contributed by atoms with van der Waals surface area (Å²) in [6, 6.07) is 0. The van der Waals surface area contributed by atoms with E-state index in [2.05, 4.69) is 16.1 Å². The van der Waals surface area contributed by atoms with Crippen LogP contribution >= 0.6 is 0 Å². The second-order valence-electron chi connectivity index (χ2n) is 7.21. The van der Waals surface area contributed by atoms with Crippen LogP contribution in [0.5, 0.6) is 0 Å². The van der Waals surface area contributed by atoms with Crippen LogP contribution < -0.4 is 0 Å². The molecule has 0 radical (unpaired) electrons. The summed E-state index contributed by atoms with van der Waals surface area (Å²) in [5, 5.41) is 0. The molecule has 0 amide bonds. The fourth-order valence-electron chi connectivity index (χ4n) is 2.44. The van der Waals surface area contributed by atoms with Gasteiger partial charge in [-0.1, -0.05) is 6.58 Å². The molecule has 21 heteroatoms. The van der Waals surface area contributed by atoms with Crippen LogP contribution in [0.15, 0.2) is 12.7 Å². The van der Waals surface area contributed by atoms with E-state index in [4.69, 9.17) is 0 Å². The highest BCUT2D eigenvalue weighted by molar-refractivity contribution is 5.81. The lowest BCUT2D eigenvalue weighted by atomic mass is 9.84. The van der Waals surface area contributed by atoms with Crippen LogP contribution in [-0.2, 0) is 19.1 Å². The normalized spacial score (nSPS) is 15.6. The van der Waals surface area contributed by atoms with Crippen molar-refractivity contribution in [3.05, 3.63) is 12.7 Å². The summed E-state index contributed by atoms with van der Waals surface area (Å²) in [5.74, 6) is -64.7. The molecule has 0 saturated carbocycles. The molecular formula is C17H13F17O4. The molecule has 0 aliphatic heterocycles. The SMILES string of the molecule is C=CC(=O)OCC(CCC(=O)OC)C(F)(F)C(F)(F)C(F)(F)C(F)(F)C(F)(F)C(F)(F)C(F)(F)C(F)(F)F. The van der Waals surface area contributed by atoms with Crippen LogP contribution in [0.3, 0.4) is 0 Å². The number of alkyl halides is 17. The third-order valence-electron chi connectivity index (χ3n) is 4.78. The van der Waals surface area contributed by atoms with Gasteiger partial charge in [-0.2, -0.15) is 74.6 Å². The van der Waals surface area contributed by atoms with Crippen molar-refractivity contribution in [2.24, 2.45) is 5.92 Å². The highest BCUT2D eigenvalue weighted by Gasteiger charge is 2.95. The van der Waals surface area contributed by atoms with Crippen molar-refractivity contribution in [1.29, 1.82) is 0 Å². The Morgan fingerprint density at radius 2 is 1.05 bits per heavy atom. The smallest absolute Gasteiger partial charge is 0.460 e. The van der Waals surface area contributed by atoms with E-state index in [1.807, 2.05) is 0 Å². The summed E-state index contributed by atoms with van der Waals surface area (Å²) in [7, 11) is 0.565. The molecule has 0 aromatic carbocycles. The van der Waals surface area contributed by atoms with Gasteiger partial charge in [0, 0.05) is 12.5 Å². The standard InChI is InChI=1S/C17H13F17O4/c1-3-8(35)38-6-7(4-5-9(36)37-2)10(18,19)11(20,21)12(22,23)13(24,25)14(26,27)15(28,29)16(30,31)17(32,33)34/h3,7H,1,4-6H2,2H3. The van der Waals surface area contributed by atoms with Crippen LogP contribution in [0.4, 0.5) is 74.6 Å². The molecule has 0 spiro atoms. The zero-order valence-corrected chi connectivity index (χ0v) is 18.0. The zero-order chi connectivity index (χ0) is 31.0. The molecular weight excluding hydrogens is 591 g/mol. The lowest BCUT2D eigenvalue weighted by molar-refractivity contribution is -0.463. The van der Waals surface area contributed by atoms with Gasteiger partial charge in [0.05, 0.1) is 13.0 Å². The Balaban J connectivity index is 6.84. The van der Waals surface area contributed by atoms with E-state index in [1.54, 1.807) is 0 Å². The Morgan fingerprint density at radius 1 is 0.684 bits per heavy atom. The largest absolute Gasteiger partial charge is 0.469 e. The van der Waals surface area contributed by atoms with Crippen LogP contribution in [0, 0.1) is 5.92 Å². The first-order valence-corrected chi connectivity index (χ1v) is 9.13. The molecule has 38 heavy (non-hydrogen) atoms. The molecule has 224 valence electrons. The van der Waals surface area contributed by atoms with Gasteiger partial charge in [-0.15, -0.1) is 0 Å². The molecule has 0 bridgehead atoms. The first-order valence-electron chi connectivity index (χ1n) is 9.13. The Morgan fingerprint density at radius 3 is 1.39 bits per heavy atom. The number of hydrogen-bond acceptors (Lipinski definition) is 4. The fraction of sp³-hybridized carbons (Fsp3) is 0.765. The lowest BCUT2D eigenvalue weighted by Gasteiger charge is -2.44. The maximum absolute atomic E-state index is 14.4. The van der Waals surface area contributed by atoms with Gasteiger partial charge in [0.15, 0.2) is 0 Å². The molecule has 4 nitrogen and oxygen atoms in total. The third kappa shape index (κ3) is 5.46. The average Bonchev–Trinajstić information content (AvgIpc) is 2.76. The summed E-state index contributed by atoms with van der Waals surface area (Å²) < 4.78 is 236. The Hall–Kier alpha value is -2.51. The molecule has 0 N–H and O–H groups in total. The van der Waals surface area contributed by atoms with E-state index in [1.165, 1.54) is 0 Å². The second kappa shape index (κ2) is 10.6. The Bertz CT molecular complexity index is 878. The highest BCUT2D eigenvalue weighted by atomic mass is 19.4. The number of carbonyl (C=O) groups excluding carboxylic acids is 2. The topological polar surface area (TPSA) is 52.6 Å². The molecule has 0 fully saturated rings. The number of carbonyl (C=O) groups is 2. The van der Waals surface area contributed by atoms with Crippen molar-refractivity contribution in [3.8, 4) is 0 Å². The molecule has 0 rings (SSSR count). The van der Waals surface area contributed by atoms with E-state index in [0.717, 1.165) is 0 Å². The van der Waals surface area contributed by atoms with Crippen LogP contribution in [0.1, 0.15) is 12.8 Å². The van der Waals surface area contributed by atoms with Crippen molar-refractivity contribution >= 4 is 11.9 Å². The summed E-state index contributed by atoms with van der Waals surface area (Å²) >= 11 is 0. The van der Waals surface area contributed by atoms with Crippen molar-refractivity contribution in [2.75, 3.05) is 13.7 Å². The fourth-order valence-corrected chi connectivity index (χ4v) is 2.44. The average molecular weight is 604 g/mol. The van der Waals surface area contributed by atoms with Gasteiger partial charge in [-0.05, 0) is 6.42 Å². The van der Waals surface area contributed by atoms with Crippen molar-refractivity contribution < 1.29 is 93.7 Å². The van der Waals surface area contributed by atoms with Crippen molar-refractivity contribution in [1.82, 2.24) is 0 Å². The Kier molecular flexibility index (Phi) is 9.87. The number of esters is 2. The third-order valence-corrected chi connectivity index (χ3v) is 4.78. The summed E-state index contributed by atoms with van der Waals surface area (Å²) in [5.41, 5.74) is 0. The number of ether oxygens (including phenoxy) is 2. The molecule has 0 aliphatic rings. The van der Waals surface area contributed by atoms with Gasteiger partial charge in [0.25, 0.3) is 0 Å². The molecule has 0 saturated heterocycles.